The van der Waals surface area contributed by atoms with Crippen LogP contribution < -0.4 is 5.32 Å². The normalized spacial score (nSPS) is 11.8. The molecule has 1 aromatic carbocycles. The van der Waals surface area contributed by atoms with Crippen LogP contribution in [0.1, 0.15) is 25.0 Å². The summed E-state index contributed by atoms with van der Waals surface area (Å²) < 4.78 is 0. The Hall–Kier alpha value is -1.55. The molecule has 0 aromatic heterocycles. The Morgan fingerprint density at radius 1 is 1.14 bits per heavy atom. The van der Waals surface area contributed by atoms with Gasteiger partial charge in [-0.2, -0.15) is 0 Å². The molecule has 4 nitrogen and oxygen atoms in total. The summed E-state index contributed by atoms with van der Waals surface area (Å²) in [5.41, 5.74) is 2.60. The van der Waals surface area contributed by atoms with Crippen LogP contribution in [-0.4, -0.2) is 56.0 Å². The smallest absolute Gasteiger partial charge is 0.194 e. The lowest BCUT2D eigenvalue weighted by Gasteiger charge is -2.22. The third-order valence-corrected chi connectivity index (χ3v) is 3.52. The Labute approximate surface area is 129 Å². The van der Waals surface area contributed by atoms with E-state index < -0.39 is 0 Å². The Bertz CT molecular complexity index is 425. The van der Waals surface area contributed by atoms with Crippen molar-refractivity contribution in [1.82, 2.24) is 15.1 Å². The second-order valence-corrected chi connectivity index (χ2v) is 5.47. The highest BCUT2D eigenvalue weighted by molar-refractivity contribution is 5.79. The van der Waals surface area contributed by atoms with Crippen molar-refractivity contribution in [3.8, 4) is 0 Å². The molecule has 0 radical (unpaired) electrons. The zero-order valence-corrected chi connectivity index (χ0v) is 14.2. The van der Waals surface area contributed by atoms with E-state index >= 15 is 0 Å². The van der Waals surface area contributed by atoms with Gasteiger partial charge in [0.15, 0.2) is 5.96 Å². The van der Waals surface area contributed by atoms with Crippen molar-refractivity contribution in [2.75, 3.05) is 40.3 Å². The first kappa shape index (κ1) is 17.5. The van der Waals surface area contributed by atoms with Crippen LogP contribution in [0.2, 0.25) is 0 Å². The molecule has 21 heavy (non-hydrogen) atoms. The van der Waals surface area contributed by atoms with Crippen molar-refractivity contribution < 1.29 is 0 Å². The molecule has 0 aliphatic heterocycles. The zero-order chi connectivity index (χ0) is 15.7. The van der Waals surface area contributed by atoms with E-state index in [9.17, 15) is 0 Å². The van der Waals surface area contributed by atoms with Crippen molar-refractivity contribution in [2.24, 2.45) is 4.99 Å². The van der Waals surface area contributed by atoms with E-state index in [-0.39, 0.29) is 0 Å². The molecular formula is C17H30N4. The van der Waals surface area contributed by atoms with Crippen LogP contribution in [0.25, 0.3) is 0 Å². The van der Waals surface area contributed by atoms with Gasteiger partial charge in [0, 0.05) is 26.7 Å². The molecule has 0 bridgehead atoms. The third-order valence-electron chi connectivity index (χ3n) is 3.52. The Balaban J connectivity index is 2.61. The van der Waals surface area contributed by atoms with E-state index in [0.717, 1.165) is 38.7 Å². The largest absolute Gasteiger partial charge is 0.357 e. The minimum absolute atomic E-state index is 0.824. The van der Waals surface area contributed by atoms with Gasteiger partial charge in [-0.15, -0.1) is 0 Å². The highest BCUT2D eigenvalue weighted by Crippen LogP contribution is 2.06. The van der Waals surface area contributed by atoms with Gasteiger partial charge in [0.05, 0.1) is 6.54 Å². The van der Waals surface area contributed by atoms with Crippen LogP contribution in [0.5, 0.6) is 0 Å². The monoisotopic (exact) mass is 290 g/mol. The van der Waals surface area contributed by atoms with Crippen molar-refractivity contribution in [3.63, 3.8) is 0 Å². The van der Waals surface area contributed by atoms with Gasteiger partial charge in [-0.3, -0.25) is 4.99 Å². The third kappa shape index (κ3) is 6.63. The van der Waals surface area contributed by atoms with Crippen LogP contribution in [0.4, 0.5) is 0 Å². The van der Waals surface area contributed by atoms with Gasteiger partial charge in [-0.25, -0.2) is 0 Å². The Kier molecular flexibility index (Phi) is 7.83. The number of nitrogens with one attached hydrogen (secondary N) is 1. The highest BCUT2D eigenvalue weighted by Gasteiger charge is 2.06. The van der Waals surface area contributed by atoms with E-state index in [0.29, 0.717) is 0 Å². The number of hydrogen-bond donors (Lipinski definition) is 1. The summed E-state index contributed by atoms with van der Waals surface area (Å²) in [6.45, 7) is 11.0. The first-order chi connectivity index (χ1) is 10.1. The van der Waals surface area contributed by atoms with E-state index in [4.69, 9.17) is 4.99 Å². The summed E-state index contributed by atoms with van der Waals surface area (Å²) in [7, 11) is 4.21. The van der Waals surface area contributed by atoms with Gasteiger partial charge < -0.3 is 15.1 Å². The standard InChI is InChI=1S/C17H30N4/c1-6-18-17(19-12-13-20(4)7-2)21(5)14-16-10-8-15(3)9-11-16/h8-11H,6-7,12-14H2,1-5H3,(H,18,19). The molecule has 1 N–H and O–H groups in total. The fourth-order valence-corrected chi connectivity index (χ4v) is 2.00. The van der Waals surface area contributed by atoms with E-state index in [1.807, 2.05) is 0 Å². The predicted octanol–water partition coefficient (Wildman–Crippen LogP) is 2.34. The highest BCUT2D eigenvalue weighted by atomic mass is 15.3. The van der Waals surface area contributed by atoms with Gasteiger partial charge in [0.1, 0.15) is 0 Å². The molecule has 0 saturated carbocycles. The fourth-order valence-electron chi connectivity index (χ4n) is 2.00. The molecule has 1 aromatic rings. The van der Waals surface area contributed by atoms with Gasteiger partial charge in [0.25, 0.3) is 0 Å². The van der Waals surface area contributed by atoms with Crippen LogP contribution in [-0.2, 0) is 6.54 Å². The molecule has 0 heterocycles. The number of rotatable bonds is 7. The summed E-state index contributed by atoms with van der Waals surface area (Å²) >= 11 is 0. The van der Waals surface area contributed by atoms with Crippen LogP contribution in [0.3, 0.4) is 0 Å². The predicted molar refractivity (Wildman–Crippen MR) is 91.8 cm³/mol. The summed E-state index contributed by atoms with van der Waals surface area (Å²) in [6, 6.07) is 8.67. The van der Waals surface area contributed by atoms with E-state index in [1.54, 1.807) is 0 Å². The maximum atomic E-state index is 4.70. The quantitative estimate of drug-likeness (QED) is 0.618. The van der Waals surface area contributed by atoms with E-state index in [1.165, 1.54) is 11.1 Å². The number of aryl methyl sites for hydroxylation is 1. The second-order valence-electron chi connectivity index (χ2n) is 5.47. The van der Waals surface area contributed by atoms with Crippen molar-refractivity contribution in [1.29, 1.82) is 0 Å². The van der Waals surface area contributed by atoms with Gasteiger partial charge in [-0.1, -0.05) is 36.8 Å². The van der Waals surface area contributed by atoms with Gasteiger partial charge in [-0.05, 0) is 33.0 Å². The molecule has 4 heteroatoms. The van der Waals surface area contributed by atoms with E-state index in [2.05, 4.69) is 74.2 Å². The van der Waals surface area contributed by atoms with Crippen molar-refractivity contribution in [3.05, 3.63) is 35.4 Å². The molecule has 0 saturated heterocycles. The molecule has 0 aliphatic carbocycles. The number of aliphatic imine (C=N–C) groups is 1. The molecule has 0 amide bonds. The number of likely N-dealkylation sites (N-methyl/N-ethyl adjacent to an activating group) is 1. The molecule has 0 fully saturated rings. The van der Waals surface area contributed by atoms with Crippen LogP contribution in [0.15, 0.2) is 29.3 Å². The lowest BCUT2D eigenvalue weighted by Crippen LogP contribution is -2.39. The fraction of sp³-hybridized carbons (Fsp3) is 0.588. The summed E-state index contributed by atoms with van der Waals surface area (Å²) in [4.78, 5) is 9.16. The van der Waals surface area contributed by atoms with Crippen molar-refractivity contribution >= 4 is 5.96 Å². The molecule has 0 unspecified atom stereocenters. The van der Waals surface area contributed by atoms with Crippen LogP contribution in [0, 0.1) is 6.92 Å². The van der Waals surface area contributed by atoms with Gasteiger partial charge >= 0.3 is 0 Å². The first-order valence-electron chi connectivity index (χ1n) is 7.80. The maximum Gasteiger partial charge on any atom is 0.194 e. The number of hydrogen-bond acceptors (Lipinski definition) is 2. The van der Waals surface area contributed by atoms with Gasteiger partial charge in [0.2, 0.25) is 0 Å². The first-order valence-corrected chi connectivity index (χ1v) is 7.80. The molecule has 0 spiro atoms. The molecule has 0 aliphatic rings. The lowest BCUT2D eigenvalue weighted by molar-refractivity contribution is 0.361. The SMILES string of the molecule is CCNC(=NCCN(C)CC)N(C)Cc1ccc(C)cc1. The lowest BCUT2D eigenvalue weighted by atomic mass is 10.1. The number of benzene rings is 1. The Morgan fingerprint density at radius 2 is 1.81 bits per heavy atom. The Morgan fingerprint density at radius 3 is 2.38 bits per heavy atom. The summed E-state index contributed by atoms with van der Waals surface area (Å²) in [5, 5.41) is 3.36. The summed E-state index contributed by atoms with van der Waals surface area (Å²) in [6.07, 6.45) is 0. The average molecular weight is 290 g/mol. The number of nitrogens with zero attached hydrogens (tertiary/aromatic N) is 3. The minimum atomic E-state index is 0.824. The topological polar surface area (TPSA) is 30.9 Å². The number of guanidine groups is 1. The maximum absolute atomic E-state index is 4.70. The average Bonchev–Trinajstić information content (AvgIpc) is 2.48. The van der Waals surface area contributed by atoms with Crippen molar-refractivity contribution in [2.45, 2.75) is 27.3 Å². The second kappa shape index (κ2) is 9.40. The zero-order valence-electron chi connectivity index (χ0n) is 14.2. The summed E-state index contributed by atoms with van der Waals surface area (Å²) in [5.74, 6) is 0.975. The molecule has 1 rings (SSSR count). The molecule has 118 valence electrons. The minimum Gasteiger partial charge on any atom is -0.357 e. The molecular weight excluding hydrogens is 260 g/mol. The van der Waals surface area contributed by atoms with Crippen LogP contribution >= 0.6 is 0 Å². The molecule has 0 atom stereocenters.